The summed E-state index contributed by atoms with van der Waals surface area (Å²) in [6.45, 7) is 4.36. The number of amides is 2. The van der Waals surface area contributed by atoms with E-state index in [1.54, 1.807) is 17.0 Å². The Hall–Kier alpha value is -1.97. The molecular formula is C18H26N4O4S. The molecule has 0 atom stereocenters. The molecule has 148 valence electrons. The zero-order valence-electron chi connectivity index (χ0n) is 15.4. The molecular weight excluding hydrogens is 368 g/mol. The standard InChI is InChI=1S/C18H26N4O4S/c1-13-3-2-4-16(9-13)27(25,26)20-10-17(23)22-11-15(12-22)21-7-5-14(6-8-21)18(19)24/h2-4,9,14-15,20H,5-8,10-12H2,1H3,(H2,19,24). The number of carbonyl (C=O) groups excluding carboxylic acids is 2. The third-order valence-corrected chi connectivity index (χ3v) is 6.78. The number of carbonyl (C=O) groups is 2. The molecule has 2 amide bonds. The van der Waals surface area contributed by atoms with Gasteiger partial charge in [0, 0.05) is 25.0 Å². The second kappa shape index (κ2) is 7.95. The summed E-state index contributed by atoms with van der Waals surface area (Å²) in [5.41, 5.74) is 6.19. The lowest BCUT2D eigenvalue weighted by molar-refractivity contribution is -0.138. The molecule has 2 heterocycles. The molecule has 2 saturated heterocycles. The number of rotatable bonds is 6. The van der Waals surface area contributed by atoms with E-state index in [9.17, 15) is 18.0 Å². The molecule has 0 saturated carbocycles. The minimum Gasteiger partial charge on any atom is -0.369 e. The van der Waals surface area contributed by atoms with Crippen LogP contribution in [-0.4, -0.2) is 68.8 Å². The summed E-state index contributed by atoms with van der Waals surface area (Å²) in [4.78, 5) is 27.6. The Morgan fingerprint density at radius 3 is 2.48 bits per heavy atom. The Morgan fingerprint density at radius 1 is 1.22 bits per heavy atom. The van der Waals surface area contributed by atoms with E-state index in [0.717, 1.165) is 31.5 Å². The maximum atomic E-state index is 12.3. The SMILES string of the molecule is Cc1cccc(S(=O)(=O)NCC(=O)N2CC(N3CCC(C(N)=O)CC3)C2)c1. The fraction of sp³-hybridized carbons (Fsp3) is 0.556. The highest BCUT2D eigenvalue weighted by molar-refractivity contribution is 7.89. The van der Waals surface area contributed by atoms with Crippen LogP contribution in [-0.2, 0) is 19.6 Å². The highest BCUT2D eigenvalue weighted by Crippen LogP contribution is 2.23. The van der Waals surface area contributed by atoms with Gasteiger partial charge in [-0.05, 0) is 50.6 Å². The van der Waals surface area contributed by atoms with Gasteiger partial charge in [-0.15, -0.1) is 0 Å². The number of piperidine rings is 1. The molecule has 27 heavy (non-hydrogen) atoms. The number of likely N-dealkylation sites (tertiary alicyclic amines) is 2. The van der Waals surface area contributed by atoms with Gasteiger partial charge < -0.3 is 10.6 Å². The number of aryl methyl sites for hydroxylation is 1. The third-order valence-electron chi connectivity index (χ3n) is 5.38. The van der Waals surface area contributed by atoms with E-state index in [1.165, 1.54) is 6.07 Å². The minimum absolute atomic E-state index is 0.0462. The number of sulfonamides is 1. The van der Waals surface area contributed by atoms with Crippen molar-refractivity contribution in [2.24, 2.45) is 11.7 Å². The predicted molar refractivity (Wildman–Crippen MR) is 100 cm³/mol. The van der Waals surface area contributed by atoms with Crippen molar-refractivity contribution in [1.82, 2.24) is 14.5 Å². The molecule has 1 aromatic rings. The van der Waals surface area contributed by atoms with Crippen molar-refractivity contribution in [3.05, 3.63) is 29.8 Å². The lowest BCUT2D eigenvalue weighted by Crippen LogP contribution is -2.63. The predicted octanol–water partition coefficient (Wildman–Crippen LogP) is -0.319. The number of nitrogens with zero attached hydrogens (tertiary/aromatic N) is 2. The van der Waals surface area contributed by atoms with Crippen LogP contribution in [0.2, 0.25) is 0 Å². The Labute approximate surface area is 159 Å². The van der Waals surface area contributed by atoms with Gasteiger partial charge in [0.2, 0.25) is 21.8 Å². The van der Waals surface area contributed by atoms with Gasteiger partial charge >= 0.3 is 0 Å². The first-order chi connectivity index (χ1) is 12.8. The maximum absolute atomic E-state index is 12.3. The molecule has 2 aliphatic rings. The molecule has 0 unspecified atom stereocenters. The third kappa shape index (κ3) is 4.66. The van der Waals surface area contributed by atoms with Gasteiger partial charge in [-0.1, -0.05) is 12.1 Å². The maximum Gasteiger partial charge on any atom is 0.241 e. The Balaban J connectivity index is 1.44. The summed E-state index contributed by atoms with van der Waals surface area (Å²) in [7, 11) is -3.70. The Kier molecular flexibility index (Phi) is 5.83. The molecule has 8 nitrogen and oxygen atoms in total. The lowest BCUT2D eigenvalue weighted by atomic mass is 9.94. The number of hydrogen-bond acceptors (Lipinski definition) is 5. The number of primary amides is 1. The summed E-state index contributed by atoms with van der Waals surface area (Å²) in [6.07, 6.45) is 1.52. The van der Waals surface area contributed by atoms with Gasteiger partial charge in [-0.2, -0.15) is 0 Å². The van der Waals surface area contributed by atoms with Crippen LogP contribution in [0.15, 0.2) is 29.2 Å². The van der Waals surface area contributed by atoms with E-state index in [4.69, 9.17) is 5.73 Å². The monoisotopic (exact) mass is 394 g/mol. The summed E-state index contributed by atoms with van der Waals surface area (Å²) in [5.74, 6) is -0.509. The van der Waals surface area contributed by atoms with Gasteiger partial charge in [0.1, 0.15) is 0 Å². The second-order valence-corrected chi connectivity index (χ2v) is 9.07. The quantitative estimate of drug-likeness (QED) is 0.687. The van der Waals surface area contributed by atoms with E-state index in [0.29, 0.717) is 13.1 Å². The molecule has 0 aromatic heterocycles. The van der Waals surface area contributed by atoms with Gasteiger partial charge in [0.05, 0.1) is 11.4 Å². The van der Waals surface area contributed by atoms with E-state index < -0.39 is 10.0 Å². The normalized spacial score (nSPS) is 19.7. The van der Waals surface area contributed by atoms with Gasteiger partial charge in [-0.3, -0.25) is 14.5 Å². The summed E-state index contributed by atoms with van der Waals surface area (Å²) in [5, 5.41) is 0. The van der Waals surface area contributed by atoms with Gasteiger partial charge in [0.15, 0.2) is 0 Å². The number of nitrogens with one attached hydrogen (secondary N) is 1. The van der Waals surface area contributed by atoms with Crippen LogP contribution in [0, 0.1) is 12.8 Å². The van der Waals surface area contributed by atoms with Crippen LogP contribution in [0.25, 0.3) is 0 Å². The fourth-order valence-electron chi connectivity index (χ4n) is 3.57. The van der Waals surface area contributed by atoms with Crippen molar-refractivity contribution in [3.8, 4) is 0 Å². The smallest absolute Gasteiger partial charge is 0.241 e. The zero-order chi connectivity index (χ0) is 19.6. The van der Waals surface area contributed by atoms with Crippen molar-refractivity contribution in [2.45, 2.75) is 30.7 Å². The van der Waals surface area contributed by atoms with Crippen molar-refractivity contribution < 1.29 is 18.0 Å². The molecule has 9 heteroatoms. The lowest BCUT2D eigenvalue weighted by Gasteiger charge is -2.47. The zero-order valence-corrected chi connectivity index (χ0v) is 16.2. The Morgan fingerprint density at radius 2 is 1.89 bits per heavy atom. The van der Waals surface area contributed by atoms with E-state index in [-0.39, 0.29) is 35.2 Å². The number of benzene rings is 1. The molecule has 1 aromatic carbocycles. The first kappa shape index (κ1) is 19.8. The van der Waals surface area contributed by atoms with Crippen molar-refractivity contribution >= 4 is 21.8 Å². The molecule has 0 aliphatic carbocycles. The topological polar surface area (TPSA) is 113 Å². The summed E-state index contributed by atoms with van der Waals surface area (Å²) >= 11 is 0. The largest absolute Gasteiger partial charge is 0.369 e. The first-order valence-electron chi connectivity index (χ1n) is 9.14. The molecule has 0 radical (unpaired) electrons. The van der Waals surface area contributed by atoms with Crippen LogP contribution < -0.4 is 10.5 Å². The average Bonchev–Trinajstić information content (AvgIpc) is 2.59. The van der Waals surface area contributed by atoms with Crippen molar-refractivity contribution in [1.29, 1.82) is 0 Å². The molecule has 2 fully saturated rings. The minimum atomic E-state index is -3.70. The van der Waals surface area contributed by atoms with E-state index in [2.05, 4.69) is 9.62 Å². The molecule has 0 bridgehead atoms. The van der Waals surface area contributed by atoms with Crippen LogP contribution in [0.4, 0.5) is 0 Å². The average molecular weight is 394 g/mol. The molecule has 3 N–H and O–H groups in total. The summed E-state index contributed by atoms with van der Waals surface area (Å²) in [6, 6.07) is 6.84. The Bertz CT molecular complexity index is 812. The van der Waals surface area contributed by atoms with Crippen LogP contribution in [0.1, 0.15) is 18.4 Å². The van der Waals surface area contributed by atoms with Crippen LogP contribution >= 0.6 is 0 Å². The van der Waals surface area contributed by atoms with Crippen molar-refractivity contribution in [3.63, 3.8) is 0 Å². The molecule has 2 aliphatic heterocycles. The molecule has 3 rings (SSSR count). The van der Waals surface area contributed by atoms with Gasteiger partial charge in [-0.25, -0.2) is 13.1 Å². The second-order valence-electron chi connectivity index (χ2n) is 7.31. The summed E-state index contributed by atoms with van der Waals surface area (Å²) < 4.78 is 27.0. The van der Waals surface area contributed by atoms with E-state index in [1.807, 2.05) is 13.0 Å². The fourth-order valence-corrected chi connectivity index (χ4v) is 4.65. The van der Waals surface area contributed by atoms with E-state index >= 15 is 0 Å². The highest BCUT2D eigenvalue weighted by Gasteiger charge is 2.37. The number of nitrogens with two attached hydrogens (primary N) is 1. The first-order valence-corrected chi connectivity index (χ1v) is 10.6. The van der Waals surface area contributed by atoms with Crippen molar-refractivity contribution in [2.75, 3.05) is 32.7 Å². The number of hydrogen-bond donors (Lipinski definition) is 2. The van der Waals surface area contributed by atoms with Crippen LogP contribution in [0.3, 0.4) is 0 Å². The highest BCUT2D eigenvalue weighted by atomic mass is 32.2. The molecule has 0 spiro atoms. The van der Waals surface area contributed by atoms with Crippen LogP contribution in [0.5, 0.6) is 0 Å². The van der Waals surface area contributed by atoms with Gasteiger partial charge in [0.25, 0.3) is 0 Å².